The molecule has 0 aliphatic heterocycles. The molecule has 6 heteroatoms. The standard InChI is InChI=1S/C15H15N5O/c1-20-8-10(7-17-20)12-5-13(12)15(21)18-11-2-3-14-9(4-11)6-16-19-14/h2-4,6-8,12-13H,5H2,1H3,(H,16,19)(H,18,21). The first-order chi connectivity index (χ1) is 10.2. The zero-order valence-electron chi connectivity index (χ0n) is 11.6. The highest BCUT2D eigenvalue weighted by atomic mass is 16.2. The molecule has 21 heavy (non-hydrogen) atoms. The lowest BCUT2D eigenvalue weighted by molar-refractivity contribution is -0.117. The summed E-state index contributed by atoms with van der Waals surface area (Å²) in [6, 6.07) is 5.74. The number of aromatic nitrogens is 4. The van der Waals surface area contributed by atoms with E-state index < -0.39 is 0 Å². The molecule has 0 radical (unpaired) electrons. The Bertz CT molecular complexity index is 818. The van der Waals surface area contributed by atoms with Gasteiger partial charge in [0.1, 0.15) is 0 Å². The third-order valence-electron chi connectivity index (χ3n) is 3.99. The SMILES string of the molecule is Cn1cc(C2CC2C(=O)Nc2ccc3[nH]ncc3c2)cn1. The van der Waals surface area contributed by atoms with E-state index in [4.69, 9.17) is 0 Å². The molecule has 1 aromatic carbocycles. The highest BCUT2D eigenvalue weighted by Gasteiger charge is 2.44. The number of nitrogens with one attached hydrogen (secondary N) is 2. The molecule has 1 amide bonds. The number of amides is 1. The van der Waals surface area contributed by atoms with E-state index in [-0.39, 0.29) is 11.8 Å². The lowest BCUT2D eigenvalue weighted by Gasteiger charge is -2.04. The number of aromatic amines is 1. The van der Waals surface area contributed by atoms with Crippen molar-refractivity contribution in [2.75, 3.05) is 5.32 Å². The predicted molar refractivity (Wildman–Crippen MR) is 78.8 cm³/mol. The zero-order valence-corrected chi connectivity index (χ0v) is 11.6. The maximum Gasteiger partial charge on any atom is 0.228 e. The van der Waals surface area contributed by atoms with Crippen LogP contribution >= 0.6 is 0 Å². The fourth-order valence-electron chi connectivity index (χ4n) is 2.74. The Morgan fingerprint density at radius 2 is 2.33 bits per heavy atom. The largest absolute Gasteiger partial charge is 0.326 e. The molecule has 3 aromatic rings. The van der Waals surface area contributed by atoms with Crippen LogP contribution in [0.4, 0.5) is 5.69 Å². The van der Waals surface area contributed by atoms with Gasteiger partial charge >= 0.3 is 0 Å². The van der Waals surface area contributed by atoms with Gasteiger partial charge in [0.2, 0.25) is 5.91 Å². The van der Waals surface area contributed by atoms with Crippen molar-refractivity contribution in [1.82, 2.24) is 20.0 Å². The van der Waals surface area contributed by atoms with Gasteiger partial charge in [-0.05, 0) is 36.1 Å². The van der Waals surface area contributed by atoms with Gasteiger partial charge in [-0.15, -0.1) is 0 Å². The van der Waals surface area contributed by atoms with Crippen molar-refractivity contribution in [1.29, 1.82) is 0 Å². The minimum absolute atomic E-state index is 0.0502. The first-order valence-corrected chi connectivity index (χ1v) is 6.93. The number of aryl methyl sites for hydroxylation is 1. The first-order valence-electron chi connectivity index (χ1n) is 6.93. The Morgan fingerprint density at radius 3 is 3.14 bits per heavy atom. The molecular weight excluding hydrogens is 266 g/mol. The summed E-state index contributed by atoms with van der Waals surface area (Å²) < 4.78 is 1.77. The van der Waals surface area contributed by atoms with E-state index >= 15 is 0 Å². The Kier molecular flexibility index (Phi) is 2.57. The number of hydrogen-bond donors (Lipinski definition) is 2. The summed E-state index contributed by atoms with van der Waals surface area (Å²) in [5.74, 6) is 0.428. The van der Waals surface area contributed by atoms with Gasteiger partial charge in [-0.2, -0.15) is 10.2 Å². The van der Waals surface area contributed by atoms with E-state index in [0.29, 0.717) is 5.92 Å². The smallest absolute Gasteiger partial charge is 0.228 e. The number of carbonyl (C=O) groups is 1. The highest BCUT2D eigenvalue weighted by Crippen LogP contribution is 2.47. The summed E-state index contributed by atoms with van der Waals surface area (Å²) in [6.45, 7) is 0. The van der Waals surface area contributed by atoms with Crippen molar-refractivity contribution in [3.05, 3.63) is 42.4 Å². The second-order valence-corrected chi connectivity index (χ2v) is 5.56. The van der Waals surface area contributed by atoms with Gasteiger partial charge in [-0.1, -0.05) is 0 Å². The molecule has 6 nitrogen and oxygen atoms in total. The van der Waals surface area contributed by atoms with Crippen LogP contribution in [0.5, 0.6) is 0 Å². The molecule has 1 fully saturated rings. The van der Waals surface area contributed by atoms with Gasteiger partial charge in [0, 0.05) is 30.2 Å². The summed E-state index contributed by atoms with van der Waals surface area (Å²) in [4.78, 5) is 12.3. The van der Waals surface area contributed by atoms with Gasteiger partial charge in [-0.25, -0.2) is 0 Å². The average molecular weight is 281 g/mol. The van der Waals surface area contributed by atoms with Gasteiger partial charge in [0.25, 0.3) is 0 Å². The van der Waals surface area contributed by atoms with Crippen LogP contribution in [-0.4, -0.2) is 25.9 Å². The van der Waals surface area contributed by atoms with Crippen LogP contribution in [0.1, 0.15) is 17.9 Å². The van der Waals surface area contributed by atoms with Gasteiger partial charge in [-0.3, -0.25) is 14.6 Å². The molecule has 2 N–H and O–H groups in total. The highest BCUT2D eigenvalue weighted by molar-refractivity contribution is 5.97. The van der Waals surface area contributed by atoms with E-state index in [1.54, 1.807) is 10.9 Å². The Balaban J connectivity index is 1.46. The second kappa shape index (κ2) is 4.44. The third-order valence-corrected chi connectivity index (χ3v) is 3.99. The molecule has 0 bridgehead atoms. The van der Waals surface area contributed by atoms with E-state index in [1.165, 1.54) is 0 Å². The maximum atomic E-state index is 12.3. The van der Waals surface area contributed by atoms with Crippen LogP contribution < -0.4 is 5.32 Å². The van der Waals surface area contributed by atoms with Gasteiger partial charge in [0.15, 0.2) is 0 Å². The number of H-pyrrole nitrogens is 1. The number of hydrogen-bond acceptors (Lipinski definition) is 3. The molecule has 0 spiro atoms. The Labute approximate surface area is 121 Å². The predicted octanol–water partition coefficient (Wildman–Crippen LogP) is 2.04. The molecular formula is C15H15N5O. The minimum atomic E-state index is 0.0502. The molecule has 1 aliphatic carbocycles. The lowest BCUT2D eigenvalue weighted by Crippen LogP contribution is -2.14. The van der Waals surface area contributed by atoms with E-state index in [1.807, 2.05) is 37.6 Å². The molecule has 1 saturated carbocycles. The average Bonchev–Trinajstić information content (AvgIpc) is 2.93. The zero-order chi connectivity index (χ0) is 14.4. The van der Waals surface area contributed by atoms with Crippen LogP contribution in [0.3, 0.4) is 0 Å². The molecule has 1 aliphatic rings. The molecule has 2 heterocycles. The van der Waals surface area contributed by atoms with E-state index in [0.717, 1.165) is 28.6 Å². The molecule has 2 atom stereocenters. The van der Waals surface area contributed by atoms with Crippen LogP contribution in [0, 0.1) is 5.92 Å². The number of benzene rings is 1. The monoisotopic (exact) mass is 281 g/mol. The normalized spacial score (nSPS) is 20.6. The van der Waals surface area contributed by atoms with Crippen molar-refractivity contribution in [3.8, 4) is 0 Å². The van der Waals surface area contributed by atoms with E-state index in [2.05, 4.69) is 20.6 Å². The molecule has 4 rings (SSSR count). The number of nitrogens with zero attached hydrogens (tertiary/aromatic N) is 3. The van der Waals surface area contributed by atoms with E-state index in [9.17, 15) is 4.79 Å². The summed E-state index contributed by atoms with van der Waals surface area (Å²) in [5, 5.41) is 15.0. The molecule has 2 unspecified atom stereocenters. The third kappa shape index (κ3) is 2.18. The van der Waals surface area contributed by atoms with Crippen LogP contribution in [0.2, 0.25) is 0 Å². The first kappa shape index (κ1) is 12.1. The van der Waals surface area contributed by atoms with Crippen molar-refractivity contribution in [2.24, 2.45) is 13.0 Å². The Morgan fingerprint density at radius 1 is 1.43 bits per heavy atom. The summed E-state index contributed by atoms with van der Waals surface area (Å²) in [5.41, 5.74) is 2.92. The lowest BCUT2D eigenvalue weighted by atomic mass is 10.2. The van der Waals surface area contributed by atoms with Crippen LogP contribution in [-0.2, 0) is 11.8 Å². The van der Waals surface area contributed by atoms with Gasteiger partial charge < -0.3 is 5.32 Å². The number of anilines is 1. The van der Waals surface area contributed by atoms with Crippen LogP contribution in [0.15, 0.2) is 36.8 Å². The number of fused-ring (bicyclic) bond motifs is 1. The summed E-state index contributed by atoms with van der Waals surface area (Å²) in [6.07, 6.45) is 6.47. The van der Waals surface area contributed by atoms with Crippen molar-refractivity contribution < 1.29 is 4.79 Å². The maximum absolute atomic E-state index is 12.3. The van der Waals surface area contributed by atoms with Crippen molar-refractivity contribution in [3.63, 3.8) is 0 Å². The fourth-order valence-corrected chi connectivity index (χ4v) is 2.74. The quantitative estimate of drug-likeness (QED) is 0.771. The topological polar surface area (TPSA) is 75.6 Å². The number of carbonyl (C=O) groups excluding carboxylic acids is 1. The van der Waals surface area contributed by atoms with Crippen LogP contribution in [0.25, 0.3) is 10.9 Å². The molecule has 0 saturated heterocycles. The van der Waals surface area contributed by atoms with Crippen molar-refractivity contribution in [2.45, 2.75) is 12.3 Å². The minimum Gasteiger partial charge on any atom is -0.326 e. The summed E-state index contributed by atoms with van der Waals surface area (Å²) in [7, 11) is 1.89. The number of rotatable bonds is 3. The fraction of sp³-hybridized carbons (Fsp3) is 0.267. The summed E-state index contributed by atoms with van der Waals surface area (Å²) >= 11 is 0. The van der Waals surface area contributed by atoms with Crippen molar-refractivity contribution >= 4 is 22.5 Å². The second-order valence-electron chi connectivity index (χ2n) is 5.56. The molecule has 2 aromatic heterocycles. The Hall–Kier alpha value is -2.63. The van der Waals surface area contributed by atoms with Gasteiger partial charge in [0.05, 0.1) is 17.9 Å². The molecule has 106 valence electrons.